The minimum atomic E-state index is -0.0674. The summed E-state index contributed by atoms with van der Waals surface area (Å²) in [6.45, 7) is 3.38. The molecule has 0 unspecified atom stereocenters. The van der Waals surface area contributed by atoms with Gasteiger partial charge < -0.3 is 9.32 Å². The molecule has 7 heteroatoms. The Bertz CT molecular complexity index is 1140. The van der Waals surface area contributed by atoms with Gasteiger partial charge in [-0.15, -0.1) is 11.3 Å². The molecule has 30 heavy (non-hydrogen) atoms. The van der Waals surface area contributed by atoms with Crippen LogP contribution in [0.25, 0.3) is 10.9 Å². The second kappa shape index (κ2) is 9.09. The molecule has 0 aliphatic rings. The average Bonchev–Trinajstić information content (AvgIpc) is 3.44. The summed E-state index contributed by atoms with van der Waals surface area (Å²) in [5.41, 5.74) is 1.65. The van der Waals surface area contributed by atoms with Gasteiger partial charge in [0.05, 0.1) is 36.6 Å². The number of amides is 1. The lowest BCUT2D eigenvalue weighted by Crippen LogP contribution is -2.30. The highest BCUT2D eigenvalue weighted by molar-refractivity contribution is 7.09. The van der Waals surface area contributed by atoms with E-state index < -0.39 is 0 Å². The predicted molar refractivity (Wildman–Crippen MR) is 117 cm³/mol. The molecule has 0 saturated carbocycles. The van der Waals surface area contributed by atoms with Crippen LogP contribution in [0.5, 0.6) is 0 Å². The summed E-state index contributed by atoms with van der Waals surface area (Å²) in [7, 11) is 0. The first-order chi connectivity index (χ1) is 14.6. The first-order valence-corrected chi connectivity index (χ1v) is 10.8. The van der Waals surface area contributed by atoms with Crippen molar-refractivity contribution in [1.29, 1.82) is 0 Å². The number of fused-ring (bicyclic) bond motifs is 1. The largest absolute Gasteiger partial charge is 0.467 e. The molecule has 0 aliphatic heterocycles. The molecule has 0 bridgehead atoms. The Balaban J connectivity index is 1.42. The van der Waals surface area contributed by atoms with E-state index >= 15 is 0 Å². The van der Waals surface area contributed by atoms with Gasteiger partial charge in [-0.05, 0) is 48.6 Å². The van der Waals surface area contributed by atoms with E-state index in [1.807, 2.05) is 48.7 Å². The van der Waals surface area contributed by atoms with Gasteiger partial charge >= 0.3 is 0 Å². The van der Waals surface area contributed by atoms with Crippen LogP contribution in [0.3, 0.4) is 0 Å². The number of furan rings is 1. The third-order valence-corrected chi connectivity index (χ3v) is 5.91. The molecule has 0 spiro atoms. The van der Waals surface area contributed by atoms with Crippen molar-refractivity contribution in [2.75, 3.05) is 0 Å². The normalized spacial score (nSPS) is 11.1. The maximum Gasteiger partial charge on any atom is 0.261 e. The lowest BCUT2D eigenvalue weighted by molar-refractivity contribution is -0.132. The monoisotopic (exact) mass is 421 g/mol. The molecule has 0 fully saturated rings. The number of rotatable bonds is 8. The van der Waals surface area contributed by atoms with Gasteiger partial charge in [0.25, 0.3) is 5.56 Å². The van der Waals surface area contributed by atoms with Gasteiger partial charge in [0.15, 0.2) is 0 Å². The highest BCUT2D eigenvalue weighted by Crippen LogP contribution is 2.17. The first-order valence-electron chi connectivity index (χ1n) is 9.89. The van der Waals surface area contributed by atoms with Crippen LogP contribution < -0.4 is 5.56 Å². The SMILES string of the molecule is Cc1cccc2c(=O)n(CCCC(=O)N(Cc3ccco3)Cc3cccs3)cnc12. The van der Waals surface area contributed by atoms with Gasteiger partial charge in [-0.3, -0.25) is 14.2 Å². The quantitative estimate of drug-likeness (QED) is 0.424. The lowest BCUT2D eigenvalue weighted by atomic mass is 10.1. The third kappa shape index (κ3) is 4.52. The highest BCUT2D eigenvalue weighted by Gasteiger charge is 2.16. The van der Waals surface area contributed by atoms with Crippen molar-refractivity contribution in [3.63, 3.8) is 0 Å². The lowest BCUT2D eigenvalue weighted by Gasteiger charge is -2.21. The van der Waals surface area contributed by atoms with Crippen LogP contribution in [0.1, 0.15) is 29.0 Å². The molecule has 154 valence electrons. The van der Waals surface area contributed by atoms with Crippen molar-refractivity contribution in [2.45, 2.75) is 39.4 Å². The summed E-state index contributed by atoms with van der Waals surface area (Å²) in [4.78, 5) is 33.0. The molecule has 4 rings (SSSR count). The first kappa shape index (κ1) is 20.1. The Labute approximate surface area is 178 Å². The van der Waals surface area contributed by atoms with Crippen molar-refractivity contribution in [1.82, 2.24) is 14.5 Å². The number of aromatic nitrogens is 2. The van der Waals surface area contributed by atoms with Gasteiger partial charge in [-0.2, -0.15) is 0 Å². The van der Waals surface area contributed by atoms with E-state index in [1.54, 1.807) is 39.5 Å². The van der Waals surface area contributed by atoms with Gasteiger partial charge in [0.2, 0.25) is 5.91 Å². The molecule has 1 aromatic carbocycles. The number of hydrogen-bond donors (Lipinski definition) is 0. The molecule has 6 nitrogen and oxygen atoms in total. The molecular formula is C23H23N3O3S. The van der Waals surface area contributed by atoms with Crippen LogP contribution in [0.15, 0.2) is 69.6 Å². The summed E-state index contributed by atoms with van der Waals surface area (Å²) in [6, 6.07) is 13.3. The van der Waals surface area contributed by atoms with Crippen molar-refractivity contribution < 1.29 is 9.21 Å². The Morgan fingerprint density at radius 1 is 1.17 bits per heavy atom. The molecule has 1 amide bonds. The number of benzene rings is 1. The van der Waals surface area contributed by atoms with Crippen LogP contribution in [-0.2, 0) is 24.4 Å². The van der Waals surface area contributed by atoms with Crippen molar-refractivity contribution in [3.8, 4) is 0 Å². The Kier molecular flexibility index (Phi) is 6.09. The second-order valence-corrected chi connectivity index (χ2v) is 8.26. The van der Waals surface area contributed by atoms with E-state index in [9.17, 15) is 9.59 Å². The number of carbonyl (C=O) groups is 1. The van der Waals surface area contributed by atoms with Crippen LogP contribution in [-0.4, -0.2) is 20.4 Å². The fourth-order valence-electron chi connectivity index (χ4n) is 3.47. The van der Waals surface area contributed by atoms with E-state index in [0.29, 0.717) is 37.9 Å². The Morgan fingerprint density at radius 3 is 2.83 bits per heavy atom. The Morgan fingerprint density at radius 2 is 2.07 bits per heavy atom. The van der Waals surface area contributed by atoms with Crippen molar-refractivity contribution in [2.24, 2.45) is 0 Å². The van der Waals surface area contributed by atoms with E-state index in [-0.39, 0.29) is 11.5 Å². The van der Waals surface area contributed by atoms with Gasteiger partial charge in [0.1, 0.15) is 5.76 Å². The zero-order valence-electron chi connectivity index (χ0n) is 16.8. The molecule has 0 N–H and O–H groups in total. The Hall–Kier alpha value is -3.19. The van der Waals surface area contributed by atoms with Gasteiger partial charge in [-0.25, -0.2) is 4.98 Å². The smallest absolute Gasteiger partial charge is 0.261 e. The molecule has 0 aliphatic carbocycles. The fraction of sp³-hybridized carbons (Fsp3) is 0.261. The van der Waals surface area contributed by atoms with E-state index in [0.717, 1.165) is 21.7 Å². The summed E-state index contributed by atoms with van der Waals surface area (Å²) >= 11 is 1.63. The van der Waals surface area contributed by atoms with Crippen LogP contribution in [0, 0.1) is 6.92 Å². The van der Waals surface area contributed by atoms with Crippen LogP contribution >= 0.6 is 11.3 Å². The molecule has 0 atom stereocenters. The highest BCUT2D eigenvalue weighted by atomic mass is 32.1. The number of aryl methyl sites for hydroxylation is 2. The summed E-state index contributed by atoms with van der Waals surface area (Å²) in [5, 5.41) is 2.62. The average molecular weight is 422 g/mol. The molecule has 0 saturated heterocycles. The molecular weight excluding hydrogens is 398 g/mol. The van der Waals surface area contributed by atoms with E-state index in [4.69, 9.17) is 4.42 Å². The number of para-hydroxylation sites is 1. The molecule has 3 heterocycles. The second-order valence-electron chi connectivity index (χ2n) is 7.23. The number of hydrogen-bond acceptors (Lipinski definition) is 5. The van der Waals surface area contributed by atoms with Gasteiger partial charge in [-0.1, -0.05) is 18.2 Å². The van der Waals surface area contributed by atoms with E-state index in [1.165, 1.54) is 0 Å². The van der Waals surface area contributed by atoms with Gasteiger partial charge in [0, 0.05) is 17.8 Å². The maximum atomic E-state index is 12.9. The third-order valence-electron chi connectivity index (χ3n) is 5.05. The molecule has 3 aromatic heterocycles. The van der Waals surface area contributed by atoms with Crippen LogP contribution in [0.4, 0.5) is 0 Å². The predicted octanol–water partition coefficient (Wildman–Crippen LogP) is 4.37. The number of carbonyl (C=O) groups excluding carboxylic acids is 1. The zero-order chi connectivity index (χ0) is 20.9. The fourth-order valence-corrected chi connectivity index (χ4v) is 4.19. The van der Waals surface area contributed by atoms with E-state index in [2.05, 4.69) is 4.98 Å². The topological polar surface area (TPSA) is 68.3 Å². The maximum absolute atomic E-state index is 12.9. The zero-order valence-corrected chi connectivity index (χ0v) is 17.6. The number of nitrogens with zero attached hydrogens (tertiary/aromatic N) is 3. The summed E-state index contributed by atoms with van der Waals surface area (Å²) in [6.07, 6.45) is 4.11. The summed E-state index contributed by atoms with van der Waals surface area (Å²) in [5.74, 6) is 0.794. The molecule has 4 aromatic rings. The standard InChI is InChI=1S/C23H23N3O3S/c1-17-6-2-9-20-22(17)24-16-25(23(20)28)11-3-10-21(27)26(14-18-7-4-12-29-18)15-19-8-5-13-30-19/h2,4-9,12-13,16H,3,10-11,14-15H2,1H3. The summed E-state index contributed by atoms with van der Waals surface area (Å²) < 4.78 is 7.02. The number of thiophene rings is 1. The minimum absolute atomic E-state index is 0.0393. The molecule has 0 radical (unpaired) electrons. The van der Waals surface area contributed by atoms with Crippen molar-refractivity contribution in [3.05, 3.63) is 87.0 Å². The van der Waals surface area contributed by atoms with Crippen LogP contribution in [0.2, 0.25) is 0 Å². The minimum Gasteiger partial charge on any atom is -0.467 e. The van der Waals surface area contributed by atoms with Crippen molar-refractivity contribution >= 4 is 28.1 Å².